The van der Waals surface area contributed by atoms with Gasteiger partial charge in [-0.05, 0) is 22.0 Å². The molecule has 0 aromatic carbocycles. The molecule has 2 aromatic rings. The van der Waals surface area contributed by atoms with Crippen LogP contribution in [0, 0.1) is 17.1 Å². The fraction of sp³-hybridized carbons (Fsp3) is 0.0833. The molecule has 0 aliphatic rings. The highest BCUT2D eigenvalue weighted by Gasteiger charge is 2.06. The van der Waals surface area contributed by atoms with E-state index in [1.165, 1.54) is 6.20 Å². The van der Waals surface area contributed by atoms with Gasteiger partial charge in [-0.15, -0.1) is 0 Å². The van der Waals surface area contributed by atoms with Crippen molar-refractivity contribution in [3.63, 3.8) is 0 Å². The normalized spacial score (nSPS) is 9.83. The van der Waals surface area contributed by atoms with Crippen molar-refractivity contribution in [3.8, 4) is 11.9 Å². The summed E-state index contributed by atoms with van der Waals surface area (Å²) < 4.78 is 19.5. The number of nitrogens with zero attached hydrogens (tertiary/aromatic N) is 3. The zero-order valence-electron chi connectivity index (χ0n) is 9.10. The van der Waals surface area contributed by atoms with Gasteiger partial charge in [0.1, 0.15) is 28.8 Å². The maximum Gasteiger partial charge on any atom is 0.214 e. The summed E-state index contributed by atoms with van der Waals surface area (Å²) in [6, 6.07) is 8.03. The Bertz CT molecular complexity index is 613. The summed E-state index contributed by atoms with van der Waals surface area (Å²) in [5.74, 6) is -0.135. The van der Waals surface area contributed by atoms with E-state index in [2.05, 4.69) is 25.9 Å². The van der Waals surface area contributed by atoms with Gasteiger partial charge in [-0.2, -0.15) is 5.26 Å². The first-order valence-corrected chi connectivity index (χ1v) is 5.78. The summed E-state index contributed by atoms with van der Waals surface area (Å²) in [7, 11) is 0. The van der Waals surface area contributed by atoms with Gasteiger partial charge in [0, 0.05) is 23.9 Å². The highest BCUT2D eigenvalue weighted by Crippen LogP contribution is 2.15. The zero-order valence-corrected chi connectivity index (χ0v) is 10.7. The average Bonchev–Trinajstić information content (AvgIpc) is 2.37. The molecule has 0 aliphatic carbocycles. The van der Waals surface area contributed by atoms with Crippen molar-refractivity contribution < 1.29 is 9.13 Å². The zero-order chi connectivity index (χ0) is 13.0. The number of hydrogen-bond acceptors (Lipinski definition) is 4. The average molecular weight is 308 g/mol. The number of ether oxygens (including phenoxy) is 1. The molecule has 2 rings (SSSR count). The summed E-state index contributed by atoms with van der Waals surface area (Å²) in [5.41, 5.74) is 0.313. The van der Waals surface area contributed by atoms with E-state index < -0.39 is 5.82 Å². The quantitative estimate of drug-likeness (QED) is 0.818. The Labute approximate surface area is 111 Å². The van der Waals surface area contributed by atoms with E-state index >= 15 is 0 Å². The molecule has 90 valence electrons. The minimum Gasteiger partial charge on any atom is -0.473 e. The van der Waals surface area contributed by atoms with Crippen molar-refractivity contribution in [2.75, 3.05) is 0 Å². The van der Waals surface area contributed by atoms with E-state index in [9.17, 15) is 4.39 Å². The second-order valence-corrected chi connectivity index (χ2v) is 4.17. The van der Waals surface area contributed by atoms with Gasteiger partial charge in [-0.25, -0.2) is 14.4 Å². The number of rotatable bonds is 3. The molecule has 2 heterocycles. The summed E-state index contributed by atoms with van der Waals surface area (Å²) in [6.07, 6.45) is 1.28. The predicted octanol–water partition coefficient (Wildman–Crippen LogP) is 2.83. The Morgan fingerprint density at radius 3 is 2.94 bits per heavy atom. The van der Waals surface area contributed by atoms with Crippen LogP contribution >= 0.6 is 15.9 Å². The van der Waals surface area contributed by atoms with Crippen molar-refractivity contribution in [2.45, 2.75) is 6.61 Å². The molecule has 2 aromatic heterocycles. The van der Waals surface area contributed by atoms with E-state index in [0.717, 1.165) is 6.07 Å². The van der Waals surface area contributed by atoms with Crippen molar-refractivity contribution in [1.29, 1.82) is 5.26 Å². The molecular formula is C12H7BrFN3O. The molecule has 0 saturated heterocycles. The molecule has 0 atom stereocenters. The maximum atomic E-state index is 13.5. The van der Waals surface area contributed by atoms with Gasteiger partial charge in [0.05, 0.1) is 0 Å². The standard InChI is InChI=1S/C12H7BrFN3O/c13-11-2-1-3-12(17-11)18-7-8-6-16-9(5-15)4-10(8)14/h1-4,6H,7H2. The first kappa shape index (κ1) is 12.5. The Kier molecular flexibility index (Phi) is 3.85. The molecule has 0 unspecified atom stereocenters. The maximum absolute atomic E-state index is 13.5. The molecule has 0 radical (unpaired) electrons. The van der Waals surface area contributed by atoms with Gasteiger partial charge in [0.15, 0.2) is 0 Å². The smallest absolute Gasteiger partial charge is 0.214 e. The SMILES string of the molecule is N#Cc1cc(F)c(COc2cccc(Br)n2)cn1. The van der Waals surface area contributed by atoms with Crippen LogP contribution in [0.3, 0.4) is 0 Å². The molecule has 18 heavy (non-hydrogen) atoms. The second-order valence-electron chi connectivity index (χ2n) is 3.36. The molecule has 6 heteroatoms. The molecule has 0 saturated carbocycles. The number of halogens is 2. The van der Waals surface area contributed by atoms with E-state index in [1.54, 1.807) is 24.3 Å². The van der Waals surface area contributed by atoms with E-state index in [1.807, 2.05) is 0 Å². The summed E-state index contributed by atoms with van der Waals surface area (Å²) in [6.45, 7) is 0.00793. The Hall–Kier alpha value is -2.00. The van der Waals surface area contributed by atoms with Crippen LogP contribution in [-0.2, 0) is 6.61 Å². The minimum absolute atomic E-state index is 0.00793. The van der Waals surface area contributed by atoms with Crippen LogP contribution in [-0.4, -0.2) is 9.97 Å². The van der Waals surface area contributed by atoms with Gasteiger partial charge >= 0.3 is 0 Å². The third-order valence-electron chi connectivity index (χ3n) is 2.11. The van der Waals surface area contributed by atoms with Crippen LogP contribution in [0.5, 0.6) is 5.88 Å². The summed E-state index contributed by atoms with van der Waals surface area (Å²) >= 11 is 3.21. The van der Waals surface area contributed by atoms with E-state index in [4.69, 9.17) is 10.00 Å². The predicted molar refractivity (Wildman–Crippen MR) is 65.2 cm³/mol. The third-order valence-corrected chi connectivity index (χ3v) is 2.55. The van der Waals surface area contributed by atoms with E-state index in [0.29, 0.717) is 10.5 Å². The topological polar surface area (TPSA) is 58.8 Å². The Balaban J connectivity index is 2.09. The van der Waals surface area contributed by atoms with Crippen LogP contribution in [0.1, 0.15) is 11.3 Å². The molecule has 4 nitrogen and oxygen atoms in total. The number of pyridine rings is 2. The van der Waals surface area contributed by atoms with Crippen LogP contribution in [0.2, 0.25) is 0 Å². The van der Waals surface area contributed by atoms with Crippen LogP contribution in [0.15, 0.2) is 35.1 Å². The van der Waals surface area contributed by atoms with Crippen molar-refractivity contribution >= 4 is 15.9 Å². The first-order chi connectivity index (χ1) is 8.69. The number of aromatic nitrogens is 2. The van der Waals surface area contributed by atoms with E-state index in [-0.39, 0.29) is 17.9 Å². The minimum atomic E-state index is -0.517. The van der Waals surface area contributed by atoms with Crippen LogP contribution in [0.25, 0.3) is 0 Å². The molecule has 0 spiro atoms. The fourth-order valence-corrected chi connectivity index (χ4v) is 1.58. The van der Waals surface area contributed by atoms with Gasteiger partial charge in [-0.1, -0.05) is 6.07 Å². The van der Waals surface area contributed by atoms with Gasteiger partial charge in [0.2, 0.25) is 5.88 Å². The summed E-state index contributed by atoms with van der Waals surface area (Å²) in [5, 5.41) is 8.57. The molecule has 0 fully saturated rings. The highest BCUT2D eigenvalue weighted by molar-refractivity contribution is 9.10. The Morgan fingerprint density at radius 1 is 1.44 bits per heavy atom. The van der Waals surface area contributed by atoms with Crippen LogP contribution < -0.4 is 4.74 Å². The fourth-order valence-electron chi connectivity index (χ4n) is 1.25. The molecule has 0 N–H and O–H groups in total. The van der Waals surface area contributed by atoms with Crippen molar-refractivity contribution in [1.82, 2.24) is 9.97 Å². The lowest BCUT2D eigenvalue weighted by Crippen LogP contribution is -2.01. The lowest BCUT2D eigenvalue weighted by atomic mass is 10.2. The largest absolute Gasteiger partial charge is 0.473 e. The molecular weight excluding hydrogens is 301 g/mol. The lowest BCUT2D eigenvalue weighted by molar-refractivity contribution is 0.287. The highest BCUT2D eigenvalue weighted by atomic mass is 79.9. The van der Waals surface area contributed by atoms with Gasteiger partial charge in [0.25, 0.3) is 0 Å². The van der Waals surface area contributed by atoms with Gasteiger partial charge < -0.3 is 4.74 Å². The third kappa shape index (κ3) is 3.02. The Morgan fingerprint density at radius 2 is 2.28 bits per heavy atom. The lowest BCUT2D eigenvalue weighted by Gasteiger charge is -2.06. The van der Waals surface area contributed by atoms with Gasteiger partial charge in [-0.3, -0.25) is 0 Å². The van der Waals surface area contributed by atoms with Crippen LogP contribution in [0.4, 0.5) is 4.39 Å². The first-order valence-electron chi connectivity index (χ1n) is 4.99. The second kappa shape index (κ2) is 5.56. The molecule has 0 aliphatic heterocycles. The monoisotopic (exact) mass is 307 g/mol. The summed E-state index contributed by atoms with van der Waals surface area (Å²) in [4.78, 5) is 7.83. The molecule has 0 bridgehead atoms. The molecule has 0 amide bonds. The number of nitriles is 1. The van der Waals surface area contributed by atoms with Crippen molar-refractivity contribution in [3.05, 3.63) is 52.1 Å². The number of hydrogen-bond donors (Lipinski definition) is 0. The van der Waals surface area contributed by atoms with Crippen molar-refractivity contribution in [2.24, 2.45) is 0 Å².